The molecule has 6 heteroatoms. The molecule has 0 radical (unpaired) electrons. The molecular weight excluding hydrogens is 685 g/mol. The molecule has 0 spiro atoms. The Bertz CT molecular complexity index is 852. The van der Waals surface area contributed by atoms with E-state index in [-0.39, 0.29) is 31.1 Å². The van der Waals surface area contributed by atoms with Gasteiger partial charge in [0.25, 0.3) is 0 Å². The average molecular weight is 779 g/mol. The molecule has 0 unspecified atom stereocenters. The van der Waals surface area contributed by atoms with Crippen molar-refractivity contribution in [3.05, 3.63) is 0 Å². The molecule has 0 fully saturated rings. The van der Waals surface area contributed by atoms with Gasteiger partial charge in [-0.25, -0.2) is 0 Å². The van der Waals surface area contributed by atoms with Crippen molar-refractivity contribution in [1.82, 2.24) is 0 Å². The summed E-state index contributed by atoms with van der Waals surface area (Å²) in [5, 5.41) is 0. The first-order chi connectivity index (χ1) is 26.6. The zero-order chi connectivity index (χ0) is 40.6. The van der Waals surface area contributed by atoms with Gasteiger partial charge in [-0.15, -0.1) is 0 Å². The summed E-state index contributed by atoms with van der Waals surface area (Å²) in [7, 11) is 0. The summed E-state index contributed by atoms with van der Waals surface area (Å²) < 4.78 is 16.7. The first kappa shape index (κ1) is 53.4. The van der Waals surface area contributed by atoms with Gasteiger partial charge in [0.1, 0.15) is 13.2 Å². The first-order valence-electron chi connectivity index (χ1n) is 24.1. The maximum Gasteiger partial charge on any atom is 0.306 e. The van der Waals surface area contributed by atoms with Crippen molar-refractivity contribution >= 4 is 17.9 Å². The number of carbonyl (C=O) groups excluding carboxylic acids is 3. The van der Waals surface area contributed by atoms with E-state index >= 15 is 0 Å². The molecule has 326 valence electrons. The molecule has 0 aliphatic heterocycles. The fraction of sp³-hybridized carbons (Fsp3) is 0.939. The lowest BCUT2D eigenvalue weighted by atomic mass is 10.0. The zero-order valence-corrected chi connectivity index (χ0v) is 37.7. The smallest absolute Gasteiger partial charge is 0.306 e. The van der Waals surface area contributed by atoms with E-state index in [4.69, 9.17) is 14.2 Å². The van der Waals surface area contributed by atoms with Crippen molar-refractivity contribution in [3.8, 4) is 0 Å². The van der Waals surface area contributed by atoms with Crippen LogP contribution in [0.5, 0.6) is 0 Å². The minimum atomic E-state index is -0.762. The lowest BCUT2D eigenvalue weighted by molar-refractivity contribution is -0.167. The van der Waals surface area contributed by atoms with Crippen molar-refractivity contribution in [1.29, 1.82) is 0 Å². The van der Waals surface area contributed by atoms with Crippen LogP contribution in [-0.4, -0.2) is 37.2 Å². The van der Waals surface area contributed by atoms with Crippen molar-refractivity contribution in [3.63, 3.8) is 0 Å². The second-order valence-corrected chi connectivity index (χ2v) is 18.2. The molecule has 0 saturated carbocycles. The van der Waals surface area contributed by atoms with Gasteiger partial charge in [0, 0.05) is 19.3 Å². The van der Waals surface area contributed by atoms with Crippen LogP contribution in [0.25, 0.3) is 0 Å². The number of ether oxygens (including phenoxy) is 3. The summed E-state index contributed by atoms with van der Waals surface area (Å²) in [6, 6.07) is 0. The number of rotatable bonds is 42. The summed E-state index contributed by atoms with van der Waals surface area (Å²) in [5.41, 5.74) is 0. The Hall–Kier alpha value is -1.59. The molecule has 0 N–H and O–H groups in total. The monoisotopic (exact) mass is 779 g/mol. The van der Waals surface area contributed by atoms with Crippen LogP contribution in [0.1, 0.15) is 260 Å². The topological polar surface area (TPSA) is 78.9 Å². The standard InChI is InChI=1S/C49H94O6/c1-43(2)35-29-23-17-15-13-11-9-7-8-10-12-14-16-18-26-32-38-47(50)53-41-46(55-49(52)40-34-28-22-20-25-31-37-45(5)6)42-54-48(51)39-33-27-21-19-24-30-36-44(3)4/h43-46H,7-42H2,1-6H3/t46-/m1/s1. The van der Waals surface area contributed by atoms with Gasteiger partial charge < -0.3 is 14.2 Å². The van der Waals surface area contributed by atoms with Crippen molar-refractivity contribution in [2.45, 2.75) is 266 Å². The summed E-state index contributed by atoms with van der Waals surface area (Å²) in [6.45, 7) is 13.6. The lowest BCUT2D eigenvalue weighted by Crippen LogP contribution is -2.30. The van der Waals surface area contributed by atoms with Crippen LogP contribution >= 0.6 is 0 Å². The van der Waals surface area contributed by atoms with E-state index in [2.05, 4.69) is 41.5 Å². The molecule has 55 heavy (non-hydrogen) atoms. The zero-order valence-electron chi connectivity index (χ0n) is 37.7. The molecule has 0 rings (SSSR count). The van der Waals surface area contributed by atoms with E-state index in [0.717, 1.165) is 75.5 Å². The number of esters is 3. The van der Waals surface area contributed by atoms with Gasteiger partial charge in [0.15, 0.2) is 6.10 Å². The summed E-state index contributed by atoms with van der Waals surface area (Å²) >= 11 is 0. The molecule has 0 bridgehead atoms. The molecule has 0 aromatic heterocycles. The van der Waals surface area contributed by atoms with Crippen LogP contribution in [0.3, 0.4) is 0 Å². The molecule has 1 atom stereocenters. The predicted molar refractivity (Wildman–Crippen MR) is 233 cm³/mol. The molecule has 0 aromatic carbocycles. The Morgan fingerprint density at radius 3 is 0.782 bits per heavy atom. The van der Waals surface area contributed by atoms with E-state index in [1.165, 1.54) is 141 Å². The van der Waals surface area contributed by atoms with Gasteiger partial charge in [-0.1, -0.05) is 221 Å². The number of hydrogen-bond acceptors (Lipinski definition) is 6. The summed E-state index contributed by atoms with van der Waals surface area (Å²) in [6.07, 6.45) is 38.4. The van der Waals surface area contributed by atoms with Gasteiger partial charge in [-0.3, -0.25) is 14.4 Å². The number of hydrogen-bond donors (Lipinski definition) is 0. The van der Waals surface area contributed by atoms with Crippen LogP contribution in [0.15, 0.2) is 0 Å². The first-order valence-corrected chi connectivity index (χ1v) is 24.1. The van der Waals surface area contributed by atoms with Crippen molar-refractivity contribution < 1.29 is 28.6 Å². The number of carbonyl (C=O) groups is 3. The summed E-state index contributed by atoms with van der Waals surface area (Å²) in [5.74, 6) is 1.51. The highest BCUT2D eigenvalue weighted by atomic mass is 16.6. The minimum Gasteiger partial charge on any atom is -0.462 e. The fourth-order valence-corrected chi connectivity index (χ4v) is 7.23. The van der Waals surface area contributed by atoms with Gasteiger partial charge in [-0.2, -0.15) is 0 Å². The highest BCUT2D eigenvalue weighted by molar-refractivity contribution is 5.71. The Morgan fingerprint density at radius 1 is 0.309 bits per heavy atom. The fourth-order valence-electron chi connectivity index (χ4n) is 7.23. The van der Waals surface area contributed by atoms with Gasteiger partial charge in [-0.05, 0) is 37.0 Å². The second-order valence-electron chi connectivity index (χ2n) is 18.2. The van der Waals surface area contributed by atoms with E-state index < -0.39 is 6.10 Å². The Kier molecular flexibility index (Phi) is 39.4. The molecule has 0 saturated heterocycles. The molecule has 0 amide bonds. The third kappa shape index (κ3) is 43.4. The largest absolute Gasteiger partial charge is 0.462 e. The maximum atomic E-state index is 12.7. The number of unbranched alkanes of at least 4 members (excludes halogenated alkanes) is 25. The highest BCUT2D eigenvalue weighted by Crippen LogP contribution is 2.17. The third-order valence-corrected chi connectivity index (χ3v) is 10.9. The SMILES string of the molecule is CC(C)CCCCCCCCCCCCCCCCCCC(=O)OC[C@H](COC(=O)CCCCCCCCC(C)C)OC(=O)CCCCCCCCC(C)C. The van der Waals surface area contributed by atoms with Crippen molar-refractivity contribution in [2.24, 2.45) is 17.8 Å². The van der Waals surface area contributed by atoms with Gasteiger partial charge >= 0.3 is 17.9 Å². The Labute approximate surface area is 342 Å². The van der Waals surface area contributed by atoms with Gasteiger partial charge in [0.2, 0.25) is 0 Å². The predicted octanol–water partition coefficient (Wildman–Crippen LogP) is 15.2. The third-order valence-electron chi connectivity index (χ3n) is 10.9. The Balaban J connectivity index is 4.19. The highest BCUT2D eigenvalue weighted by Gasteiger charge is 2.19. The lowest BCUT2D eigenvalue weighted by Gasteiger charge is -2.18. The molecular formula is C49H94O6. The van der Waals surface area contributed by atoms with Crippen LogP contribution in [0.4, 0.5) is 0 Å². The van der Waals surface area contributed by atoms with Crippen LogP contribution in [-0.2, 0) is 28.6 Å². The van der Waals surface area contributed by atoms with Crippen LogP contribution in [0, 0.1) is 17.8 Å². The van der Waals surface area contributed by atoms with Crippen LogP contribution in [0.2, 0.25) is 0 Å². The molecule has 0 aromatic rings. The molecule has 6 nitrogen and oxygen atoms in total. The maximum absolute atomic E-state index is 12.7. The minimum absolute atomic E-state index is 0.0669. The van der Waals surface area contributed by atoms with Crippen molar-refractivity contribution in [2.75, 3.05) is 13.2 Å². The Morgan fingerprint density at radius 2 is 0.527 bits per heavy atom. The van der Waals surface area contributed by atoms with E-state index in [0.29, 0.717) is 19.3 Å². The molecule has 0 aliphatic carbocycles. The average Bonchev–Trinajstić information content (AvgIpc) is 3.13. The second kappa shape index (κ2) is 40.6. The summed E-state index contributed by atoms with van der Waals surface area (Å²) in [4.78, 5) is 37.7. The van der Waals surface area contributed by atoms with E-state index in [1.807, 2.05) is 0 Å². The molecule has 0 heterocycles. The normalized spacial score (nSPS) is 12.2. The van der Waals surface area contributed by atoms with Gasteiger partial charge in [0.05, 0.1) is 0 Å². The van der Waals surface area contributed by atoms with E-state index in [9.17, 15) is 14.4 Å². The quantitative estimate of drug-likeness (QED) is 0.0349. The molecule has 0 aliphatic rings. The van der Waals surface area contributed by atoms with Crippen LogP contribution < -0.4 is 0 Å². The van der Waals surface area contributed by atoms with E-state index in [1.54, 1.807) is 0 Å².